The molecule has 8 nitrogen and oxygen atoms in total. The summed E-state index contributed by atoms with van der Waals surface area (Å²) in [6, 6.07) is 17.6. The van der Waals surface area contributed by atoms with Gasteiger partial charge in [-0.25, -0.2) is 4.90 Å². The number of carbonyl (C=O) groups is 4. The van der Waals surface area contributed by atoms with E-state index in [2.05, 4.69) is 0 Å². The lowest BCUT2D eigenvalue weighted by Crippen LogP contribution is -2.51. The Balaban J connectivity index is 1.54. The Morgan fingerprint density at radius 3 is 2.08 bits per heavy atom. The Kier molecular flexibility index (Phi) is 5.22. The molecule has 0 unspecified atom stereocenters. The summed E-state index contributed by atoms with van der Waals surface area (Å²) >= 11 is 6.07. The lowest BCUT2D eigenvalue weighted by molar-refractivity contribution is -0.127. The molecule has 3 atom stereocenters. The van der Waals surface area contributed by atoms with Gasteiger partial charge in [0.05, 0.1) is 37.8 Å². The molecule has 37 heavy (non-hydrogen) atoms. The third-order valence-corrected chi connectivity index (χ3v) is 7.60. The van der Waals surface area contributed by atoms with Gasteiger partial charge >= 0.3 is 0 Å². The third-order valence-electron chi connectivity index (χ3n) is 7.35. The number of halogens is 1. The normalized spacial score (nSPS) is 23.5. The van der Waals surface area contributed by atoms with Crippen molar-refractivity contribution in [1.29, 1.82) is 0 Å². The molecule has 1 aliphatic carbocycles. The molecule has 0 saturated carbocycles. The Bertz CT molecular complexity index is 1460. The van der Waals surface area contributed by atoms with Gasteiger partial charge in [-0.15, -0.1) is 0 Å². The molecule has 6 rings (SSSR count). The van der Waals surface area contributed by atoms with Crippen LogP contribution >= 0.6 is 11.6 Å². The summed E-state index contributed by atoms with van der Waals surface area (Å²) in [5.41, 5.74) is -1.10. The molecule has 3 aromatic carbocycles. The zero-order chi connectivity index (χ0) is 26.1. The third kappa shape index (κ3) is 3.06. The van der Waals surface area contributed by atoms with Gasteiger partial charge in [-0.2, -0.15) is 0 Å². The molecule has 9 heteroatoms. The van der Waals surface area contributed by atoms with Crippen molar-refractivity contribution in [3.63, 3.8) is 0 Å². The van der Waals surface area contributed by atoms with Crippen LogP contribution in [0.5, 0.6) is 11.5 Å². The minimum Gasteiger partial charge on any atom is -0.497 e. The molecular weight excluding hydrogens is 498 g/mol. The van der Waals surface area contributed by atoms with Crippen LogP contribution in [0.25, 0.3) is 0 Å². The number of hydrogen-bond acceptors (Lipinski definition) is 7. The lowest BCUT2D eigenvalue weighted by atomic mass is 9.77. The van der Waals surface area contributed by atoms with Crippen molar-refractivity contribution in [1.82, 2.24) is 0 Å². The predicted molar refractivity (Wildman–Crippen MR) is 132 cm³/mol. The molecule has 1 spiro atoms. The minimum absolute atomic E-state index is 0.170. The van der Waals surface area contributed by atoms with Crippen LogP contribution in [0, 0.1) is 11.8 Å². The van der Waals surface area contributed by atoms with Gasteiger partial charge in [-0.05, 0) is 29.8 Å². The van der Waals surface area contributed by atoms with E-state index in [-0.39, 0.29) is 22.6 Å². The second-order valence-corrected chi connectivity index (χ2v) is 9.52. The van der Waals surface area contributed by atoms with E-state index in [4.69, 9.17) is 25.8 Å². The first kappa shape index (κ1) is 23.4. The Morgan fingerprint density at radius 1 is 0.838 bits per heavy atom. The van der Waals surface area contributed by atoms with Gasteiger partial charge in [0.1, 0.15) is 11.5 Å². The molecule has 0 radical (unpaired) electrons. The fourth-order valence-electron chi connectivity index (χ4n) is 5.68. The SMILES string of the molecule is COc1ccc(N2C(=O)[C@@H]3[C@@H](c4ccc(Cl)cc4)OC4(C(=O)c5ccccc5C4=O)[C@@H]3C2=O)c(OC)c1. The van der Waals surface area contributed by atoms with E-state index < -0.39 is 46.9 Å². The van der Waals surface area contributed by atoms with E-state index in [1.807, 2.05) is 0 Å². The number of ether oxygens (including phenoxy) is 3. The number of amides is 2. The number of methoxy groups -OCH3 is 2. The molecule has 2 fully saturated rings. The molecule has 0 bridgehead atoms. The van der Waals surface area contributed by atoms with Crippen molar-refractivity contribution in [2.75, 3.05) is 19.1 Å². The van der Waals surface area contributed by atoms with E-state index in [0.717, 1.165) is 4.90 Å². The quantitative estimate of drug-likeness (QED) is 0.380. The van der Waals surface area contributed by atoms with E-state index in [1.165, 1.54) is 32.4 Å². The van der Waals surface area contributed by atoms with E-state index >= 15 is 0 Å². The van der Waals surface area contributed by atoms with Gasteiger partial charge in [0.25, 0.3) is 0 Å². The molecule has 0 aromatic heterocycles. The topological polar surface area (TPSA) is 99.2 Å². The first-order valence-electron chi connectivity index (χ1n) is 11.5. The Morgan fingerprint density at radius 2 is 1.49 bits per heavy atom. The average molecular weight is 518 g/mol. The van der Waals surface area contributed by atoms with E-state index in [0.29, 0.717) is 16.3 Å². The number of imide groups is 1. The van der Waals surface area contributed by atoms with Crippen molar-refractivity contribution in [3.8, 4) is 11.5 Å². The maximum atomic E-state index is 14.1. The van der Waals surface area contributed by atoms with Gasteiger partial charge in [0.15, 0.2) is 0 Å². The number of fused-ring (bicyclic) bond motifs is 3. The minimum atomic E-state index is -2.15. The monoisotopic (exact) mass is 517 g/mol. The summed E-state index contributed by atoms with van der Waals surface area (Å²) in [4.78, 5) is 56.7. The molecule has 0 N–H and O–H groups in total. The van der Waals surface area contributed by atoms with Crippen LogP contribution < -0.4 is 14.4 Å². The number of ketones is 2. The lowest BCUT2D eigenvalue weighted by Gasteiger charge is -2.27. The van der Waals surface area contributed by atoms with Crippen molar-refractivity contribution >= 4 is 40.7 Å². The van der Waals surface area contributed by atoms with Crippen molar-refractivity contribution in [2.24, 2.45) is 11.8 Å². The number of anilines is 1. The van der Waals surface area contributed by atoms with Crippen LogP contribution in [0.3, 0.4) is 0 Å². The second kappa shape index (κ2) is 8.26. The summed E-state index contributed by atoms with van der Waals surface area (Å²) < 4.78 is 17.0. The van der Waals surface area contributed by atoms with Crippen molar-refractivity contribution < 1.29 is 33.4 Å². The number of nitrogens with zero attached hydrogens (tertiary/aromatic N) is 1. The fourth-order valence-corrected chi connectivity index (χ4v) is 5.80. The number of Topliss-reactive ketones (excluding diaryl/α,β-unsaturated/α-hetero) is 2. The van der Waals surface area contributed by atoms with Crippen LogP contribution in [0.1, 0.15) is 32.4 Å². The Labute approximate surface area is 216 Å². The highest BCUT2D eigenvalue weighted by molar-refractivity contribution is 6.37. The summed E-state index contributed by atoms with van der Waals surface area (Å²) in [5.74, 6) is -4.32. The van der Waals surface area contributed by atoms with E-state index in [1.54, 1.807) is 48.5 Å². The maximum Gasteiger partial charge on any atom is 0.241 e. The zero-order valence-corrected chi connectivity index (χ0v) is 20.5. The van der Waals surface area contributed by atoms with Crippen LogP contribution in [-0.2, 0) is 14.3 Å². The molecule has 2 amide bonds. The van der Waals surface area contributed by atoms with Crippen LogP contribution in [-0.4, -0.2) is 43.2 Å². The summed E-state index contributed by atoms with van der Waals surface area (Å²) in [6.07, 6.45) is -1.03. The molecule has 2 saturated heterocycles. The van der Waals surface area contributed by atoms with Crippen molar-refractivity contribution in [3.05, 3.63) is 88.4 Å². The van der Waals surface area contributed by atoms with Crippen LogP contribution in [0.4, 0.5) is 5.69 Å². The summed E-state index contributed by atoms with van der Waals surface area (Å²) in [6.45, 7) is 0. The highest BCUT2D eigenvalue weighted by Crippen LogP contribution is 2.58. The predicted octanol–water partition coefficient (Wildman–Crippen LogP) is 4.05. The standard InChI is InChI=1S/C28H20ClNO7/c1-35-16-11-12-19(20(13-16)36-2)30-26(33)21-22(27(30)34)28(37-23(21)14-7-9-15(29)10-8-14)24(31)17-5-3-4-6-18(17)25(28)32/h3-13,21-23H,1-2H3/t21-,22-,23+/m0/s1. The number of rotatable bonds is 4. The number of benzene rings is 3. The number of hydrogen-bond donors (Lipinski definition) is 0. The smallest absolute Gasteiger partial charge is 0.241 e. The van der Waals surface area contributed by atoms with Crippen LogP contribution in [0.2, 0.25) is 5.02 Å². The zero-order valence-electron chi connectivity index (χ0n) is 19.8. The molecule has 2 heterocycles. The fraction of sp³-hybridized carbons (Fsp3) is 0.214. The second-order valence-electron chi connectivity index (χ2n) is 9.08. The van der Waals surface area contributed by atoms with Gasteiger partial charge in [0, 0.05) is 22.2 Å². The van der Waals surface area contributed by atoms with Gasteiger partial charge in [-0.1, -0.05) is 48.0 Å². The van der Waals surface area contributed by atoms with Crippen LogP contribution in [0.15, 0.2) is 66.7 Å². The van der Waals surface area contributed by atoms with Gasteiger partial charge < -0.3 is 14.2 Å². The maximum absolute atomic E-state index is 14.1. The van der Waals surface area contributed by atoms with Gasteiger partial charge in [-0.3, -0.25) is 19.2 Å². The van der Waals surface area contributed by atoms with Gasteiger partial charge in [0.2, 0.25) is 29.0 Å². The molecular formula is C28H20ClNO7. The number of carbonyl (C=O) groups excluding carboxylic acids is 4. The highest BCUT2D eigenvalue weighted by Gasteiger charge is 2.74. The summed E-state index contributed by atoms with van der Waals surface area (Å²) in [7, 11) is 2.89. The molecule has 3 aromatic rings. The molecule has 2 aliphatic heterocycles. The molecule has 3 aliphatic rings. The highest BCUT2D eigenvalue weighted by atomic mass is 35.5. The van der Waals surface area contributed by atoms with E-state index in [9.17, 15) is 19.2 Å². The average Bonchev–Trinajstić information content (AvgIpc) is 3.48. The first-order valence-corrected chi connectivity index (χ1v) is 11.9. The largest absolute Gasteiger partial charge is 0.497 e. The summed E-state index contributed by atoms with van der Waals surface area (Å²) in [5, 5.41) is 0.465. The first-order chi connectivity index (χ1) is 17.8. The molecule has 186 valence electrons. The Hall–Kier alpha value is -4.01. The van der Waals surface area contributed by atoms with Crippen molar-refractivity contribution in [2.45, 2.75) is 11.7 Å².